The Hall–Kier alpha value is -8.37. The maximum Gasteiger partial charge on any atom is 0.195 e. The second-order valence-electron chi connectivity index (χ2n) is 14.3. The summed E-state index contributed by atoms with van der Waals surface area (Å²) in [5.74, 6) is 8.08. The molecule has 0 fully saturated rings. The van der Waals surface area contributed by atoms with Gasteiger partial charge < -0.3 is 9.47 Å². The van der Waals surface area contributed by atoms with Gasteiger partial charge in [0.25, 0.3) is 0 Å². The third kappa shape index (κ3) is 7.68. The molecule has 0 radical (unpaired) electrons. The lowest BCUT2D eigenvalue weighted by Crippen LogP contribution is -2.02. The first kappa shape index (κ1) is 37.2. The van der Waals surface area contributed by atoms with Crippen LogP contribution in [0.25, 0.3) is 44.5 Å². The molecule has 0 spiro atoms. The Morgan fingerprint density at radius 2 is 0.533 bits per heavy atom. The van der Waals surface area contributed by atoms with Crippen LogP contribution in [-0.2, 0) is 4.79 Å². The number of carbonyl (C=O) groups excluding carboxylic acids is 1. The lowest BCUT2D eigenvalue weighted by Gasteiger charge is -2.15. The normalized spacial score (nSPS) is 12.2. The maximum atomic E-state index is 15.0. The quantitative estimate of drug-likeness (QED) is 0.130. The number of benzene rings is 8. The second-order valence-corrected chi connectivity index (χ2v) is 14.3. The van der Waals surface area contributed by atoms with Gasteiger partial charge in [0.05, 0.1) is 0 Å². The van der Waals surface area contributed by atoms with Crippen molar-refractivity contribution in [3.8, 4) is 69.9 Å². The van der Waals surface area contributed by atoms with Gasteiger partial charge in [0, 0.05) is 33.4 Å². The molecule has 0 bridgehead atoms. The van der Waals surface area contributed by atoms with Crippen LogP contribution in [0.1, 0.15) is 33.4 Å². The molecule has 8 aromatic rings. The van der Waals surface area contributed by atoms with Crippen molar-refractivity contribution in [1.82, 2.24) is 0 Å². The van der Waals surface area contributed by atoms with Crippen LogP contribution in [0.4, 0.5) is 0 Å². The molecule has 0 saturated carbocycles. The number of terminal acetylenes is 2. The summed E-state index contributed by atoms with van der Waals surface area (Å²) in [4.78, 5) is 15.0. The Morgan fingerprint density at radius 1 is 0.283 bits per heavy atom. The highest BCUT2D eigenvalue weighted by Crippen LogP contribution is 2.50. The molecule has 0 unspecified atom stereocenters. The highest BCUT2D eigenvalue weighted by Gasteiger charge is 2.35. The molecule has 0 aliphatic heterocycles. The van der Waals surface area contributed by atoms with E-state index in [4.69, 9.17) is 22.3 Å². The molecule has 1 aliphatic carbocycles. The highest BCUT2D eigenvalue weighted by molar-refractivity contribution is 6.59. The predicted molar refractivity (Wildman–Crippen MR) is 244 cm³/mol. The van der Waals surface area contributed by atoms with Gasteiger partial charge >= 0.3 is 0 Å². The monoisotopic (exact) mass is 768 g/mol. The lowest BCUT2D eigenvalue weighted by atomic mass is 9.89. The zero-order chi connectivity index (χ0) is 40.8. The molecule has 0 aromatic heterocycles. The minimum Gasteiger partial charge on any atom is -0.457 e. The van der Waals surface area contributed by atoms with Crippen molar-refractivity contribution in [2.75, 3.05) is 0 Å². The highest BCUT2D eigenvalue weighted by atomic mass is 16.5. The second kappa shape index (κ2) is 16.6. The van der Waals surface area contributed by atoms with E-state index in [1.54, 1.807) is 0 Å². The van der Waals surface area contributed by atoms with Crippen molar-refractivity contribution < 1.29 is 14.3 Å². The number of hydrogen-bond acceptors (Lipinski definition) is 3. The fourth-order valence-electron chi connectivity index (χ4n) is 7.54. The summed E-state index contributed by atoms with van der Waals surface area (Å²) in [5.41, 5.74) is 12.0. The van der Waals surface area contributed by atoms with Gasteiger partial charge in [-0.2, -0.15) is 0 Å². The van der Waals surface area contributed by atoms with E-state index in [0.29, 0.717) is 22.6 Å². The summed E-state index contributed by atoms with van der Waals surface area (Å²) in [6.07, 6.45) is 11.5. The van der Waals surface area contributed by atoms with Crippen molar-refractivity contribution in [2.24, 2.45) is 0 Å². The van der Waals surface area contributed by atoms with Gasteiger partial charge in [-0.3, -0.25) is 4.79 Å². The first-order chi connectivity index (χ1) is 29.5. The maximum absolute atomic E-state index is 15.0. The van der Waals surface area contributed by atoms with Gasteiger partial charge in [-0.05, 0) is 117 Å². The van der Waals surface area contributed by atoms with Gasteiger partial charge in [-0.1, -0.05) is 145 Å². The SMILES string of the molecule is C#Cc1ccc(C2=C(c3ccc(Oc4ccc(-c5ccccc5)cc4)cc3)C(c3ccc(Oc4ccc(-c5ccccc5)cc4)cc3)=C(c3ccc(C#C)cc3)C2=O)cc1. The Labute approximate surface area is 350 Å². The molecule has 0 saturated heterocycles. The van der Waals surface area contributed by atoms with Crippen molar-refractivity contribution in [1.29, 1.82) is 0 Å². The number of carbonyl (C=O) groups is 1. The topological polar surface area (TPSA) is 35.5 Å². The fourth-order valence-corrected chi connectivity index (χ4v) is 7.54. The molecule has 0 amide bonds. The molecule has 0 N–H and O–H groups in total. The average molecular weight is 769 g/mol. The van der Waals surface area contributed by atoms with E-state index in [1.807, 2.05) is 158 Å². The van der Waals surface area contributed by atoms with Crippen LogP contribution in [0.2, 0.25) is 0 Å². The standard InChI is InChI=1S/C57H36O3/c1-3-39-15-19-47(20-16-39)55-53(45-27-35-51(36-28-45)59-49-31-23-43(24-32-49)41-11-7-5-8-12-41)54(56(57(55)58)48-21-17-40(4-2)18-22-48)46-29-37-52(38-30-46)60-50-33-25-44(26-34-50)42-13-9-6-10-14-42/h1-2,5-38H. The Kier molecular flexibility index (Phi) is 10.3. The first-order valence-electron chi connectivity index (χ1n) is 19.6. The van der Waals surface area contributed by atoms with Gasteiger partial charge in [0.1, 0.15) is 23.0 Å². The molecule has 9 rings (SSSR count). The lowest BCUT2D eigenvalue weighted by molar-refractivity contribution is -0.108. The zero-order valence-corrected chi connectivity index (χ0v) is 32.5. The van der Waals surface area contributed by atoms with Gasteiger partial charge in [-0.25, -0.2) is 0 Å². The molecule has 0 heterocycles. The van der Waals surface area contributed by atoms with Crippen molar-refractivity contribution in [2.45, 2.75) is 0 Å². The summed E-state index contributed by atoms with van der Waals surface area (Å²) in [6.45, 7) is 0. The third-order valence-corrected chi connectivity index (χ3v) is 10.6. The summed E-state index contributed by atoms with van der Waals surface area (Å²) < 4.78 is 12.6. The number of ether oxygens (including phenoxy) is 2. The van der Waals surface area contributed by atoms with E-state index in [9.17, 15) is 0 Å². The van der Waals surface area contributed by atoms with Gasteiger partial charge in [-0.15, -0.1) is 12.8 Å². The van der Waals surface area contributed by atoms with Crippen LogP contribution in [0.5, 0.6) is 23.0 Å². The smallest absolute Gasteiger partial charge is 0.195 e. The number of rotatable bonds is 10. The van der Waals surface area contributed by atoms with Crippen LogP contribution in [0.3, 0.4) is 0 Å². The fraction of sp³-hybridized carbons (Fsp3) is 0. The van der Waals surface area contributed by atoms with E-state index >= 15 is 4.79 Å². The third-order valence-electron chi connectivity index (χ3n) is 10.6. The molecular formula is C57H36O3. The van der Waals surface area contributed by atoms with E-state index in [1.165, 1.54) is 0 Å². The van der Waals surface area contributed by atoms with Crippen LogP contribution in [0, 0.1) is 24.7 Å². The van der Waals surface area contributed by atoms with E-state index in [0.717, 1.165) is 78.3 Å². The van der Waals surface area contributed by atoms with Gasteiger partial charge in [0.15, 0.2) is 5.78 Å². The molecule has 3 nitrogen and oxygen atoms in total. The minimum absolute atomic E-state index is 0.0976. The first-order valence-corrected chi connectivity index (χ1v) is 19.6. The predicted octanol–water partition coefficient (Wildman–Crippen LogP) is 13.7. The Morgan fingerprint density at radius 3 is 0.833 bits per heavy atom. The van der Waals surface area contributed by atoms with Crippen LogP contribution < -0.4 is 9.47 Å². The summed E-state index contributed by atoms with van der Waals surface area (Å²) in [6, 6.07) is 67.5. The number of hydrogen-bond donors (Lipinski definition) is 0. The number of allylic oxidation sites excluding steroid dienone is 4. The van der Waals surface area contributed by atoms with E-state index in [-0.39, 0.29) is 5.78 Å². The van der Waals surface area contributed by atoms with E-state index < -0.39 is 0 Å². The molecular weight excluding hydrogens is 733 g/mol. The molecule has 60 heavy (non-hydrogen) atoms. The molecule has 0 atom stereocenters. The van der Waals surface area contributed by atoms with Gasteiger partial charge in [0.2, 0.25) is 0 Å². The number of ketones is 1. The summed E-state index contributed by atoms with van der Waals surface area (Å²) >= 11 is 0. The Bertz CT molecular complexity index is 2750. The summed E-state index contributed by atoms with van der Waals surface area (Å²) in [5, 5.41) is 0. The number of Topliss-reactive ketones (excluding diaryl/α,β-unsaturated/α-hetero) is 1. The molecule has 1 aliphatic rings. The van der Waals surface area contributed by atoms with Crippen molar-refractivity contribution in [3.63, 3.8) is 0 Å². The van der Waals surface area contributed by atoms with Crippen LogP contribution in [0.15, 0.2) is 206 Å². The van der Waals surface area contributed by atoms with Crippen LogP contribution >= 0.6 is 0 Å². The molecule has 282 valence electrons. The van der Waals surface area contributed by atoms with E-state index in [2.05, 4.69) is 60.4 Å². The molecule has 3 heteroatoms. The average Bonchev–Trinajstić information content (AvgIpc) is 3.62. The largest absolute Gasteiger partial charge is 0.457 e. The van der Waals surface area contributed by atoms with Crippen molar-refractivity contribution >= 4 is 28.1 Å². The van der Waals surface area contributed by atoms with Crippen LogP contribution in [-0.4, -0.2) is 5.78 Å². The van der Waals surface area contributed by atoms with Crippen molar-refractivity contribution in [3.05, 3.63) is 240 Å². The Balaban J connectivity index is 1.10. The minimum atomic E-state index is -0.0976. The molecule has 8 aromatic carbocycles. The summed E-state index contributed by atoms with van der Waals surface area (Å²) in [7, 11) is 0. The zero-order valence-electron chi connectivity index (χ0n) is 32.5.